The molecule has 2 aromatic heterocycles. The third kappa shape index (κ3) is 2.29. The fourth-order valence-corrected chi connectivity index (χ4v) is 2.86. The molecule has 1 aliphatic heterocycles. The lowest BCUT2D eigenvalue weighted by Crippen LogP contribution is -2.62. The van der Waals surface area contributed by atoms with E-state index in [0.29, 0.717) is 18.9 Å². The van der Waals surface area contributed by atoms with Gasteiger partial charge in [-0.15, -0.1) is 0 Å². The van der Waals surface area contributed by atoms with Crippen molar-refractivity contribution >= 4 is 11.6 Å². The van der Waals surface area contributed by atoms with Gasteiger partial charge in [0, 0.05) is 11.6 Å². The van der Waals surface area contributed by atoms with E-state index in [9.17, 15) is 5.11 Å². The summed E-state index contributed by atoms with van der Waals surface area (Å²) in [5.41, 5.74) is 0.849. The topological polar surface area (TPSA) is 90.3 Å². The van der Waals surface area contributed by atoms with Crippen molar-refractivity contribution in [2.75, 3.05) is 18.0 Å². The molecule has 0 amide bonds. The molecule has 0 atom stereocenters. The molecular weight excluding hydrogens is 292 g/mol. The maximum atomic E-state index is 10.2. The molecule has 3 aromatic rings. The summed E-state index contributed by atoms with van der Waals surface area (Å²) in [4.78, 5) is 10.7. The number of aliphatic hydroxyl groups is 1. The number of hydrogen-bond donors (Lipinski definition) is 1. The molecule has 1 aromatic carbocycles. The Morgan fingerprint density at radius 1 is 1.26 bits per heavy atom. The number of aromatic nitrogens is 4. The van der Waals surface area contributed by atoms with Crippen molar-refractivity contribution in [3.05, 3.63) is 42.7 Å². The molecule has 23 heavy (non-hydrogen) atoms. The van der Waals surface area contributed by atoms with Crippen molar-refractivity contribution in [3.63, 3.8) is 0 Å². The number of nitriles is 1. The molecule has 0 saturated carbocycles. The smallest absolute Gasteiger partial charge is 0.254 e. The average Bonchev–Trinajstić information content (AvgIpc) is 3.01. The summed E-state index contributed by atoms with van der Waals surface area (Å²) >= 11 is 0. The lowest BCUT2D eigenvalue weighted by Gasteiger charge is -2.46. The highest BCUT2D eigenvalue weighted by Crippen LogP contribution is 2.31. The molecule has 114 valence electrons. The Kier molecular flexibility index (Phi) is 2.99. The van der Waals surface area contributed by atoms with E-state index < -0.39 is 5.60 Å². The maximum absolute atomic E-state index is 10.2. The third-order valence-electron chi connectivity index (χ3n) is 4.01. The Morgan fingerprint density at radius 2 is 2.04 bits per heavy atom. The van der Waals surface area contributed by atoms with Crippen molar-refractivity contribution in [1.29, 1.82) is 5.26 Å². The van der Waals surface area contributed by atoms with Gasteiger partial charge in [0.05, 0.1) is 31.3 Å². The van der Waals surface area contributed by atoms with Crippen LogP contribution in [0.3, 0.4) is 0 Å². The van der Waals surface area contributed by atoms with E-state index in [-0.39, 0.29) is 6.42 Å². The molecule has 1 N–H and O–H groups in total. The number of anilines is 1. The van der Waals surface area contributed by atoms with Crippen LogP contribution >= 0.6 is 0 Å². The van der Waals surface area contributed by atoms with Crippen LogP contribution in [-0.2, 0) is 0 Å². The first kappa shape index (κ1) is 13.7. The molecule has 1 aliphatic rings. The van der Waals surface area contributed by atoms with Crippen LogP contribution in [0.2, 0.25) is 0 Å². The molecule has 0 bridgehead atoms. The van der Waals surface area contributed by atoms with Gasteiger partial charge in [0.1, 0.15) is 17.7 Å². The molecule has 0 spiro atoms. The largest absolute Gasteiger partial charge is 0.385 e. The predicted octanol–water partition coefficient (Wildman–Crippen LogP) is 1.26. The molecule has 3 heterocycles. The standard InChI is InChI=1S/C16H14N6O/c17-7-6-16(23)9-21(10-16)14-8-13(12-4-2-1-3-5-12)20-15-18-11-19-22(14)15/h1-5,8,11,23H,6,9-10H2. The van der Waals surface area contributed by atoms with Gasteiger partial charge in [0.15, 0.2) is 0 Å². The fraction of sp³-hybridized carbons (Fsp3) is 0.250. The van der Waals surface area contributed by atoms with E-state index in [2.05, 4.69) is 15.1 Å². The summed E-state index contributed by atoms with van der Waals surface area (Å²) < 4.78 is 1.65. The number of rotatable bonds is 3. The van der Waals surface area contributed by atoms with Gasteiger partial charge in [-0.25, -0.2) is 4.98 Å². The molecular formula is C16H14N6O. The van der Waals surface area contributed by atoms with Crippen molar-refractivity contribution in [3.8, 4) is 17.3 Å². The zero-order valence-corrected chi connectivity index (χ0v) is 12.3. The van der Waals surface area contributed by atoms with E-state index in [1.165, 1.54) is 6.33 Å². The van der Waals surface area contributed by atoms with Crippen LogP contribution in [-0.4, -0.2) is 43.4 Å². The Hall–Kier alpha value is -2.98. The van der Waals surface area contributed by atoms with Gasteiger partial charge in [-0.3, -0.25) is 0 Å². The van der Waals surface area contributed by atoms with Gasteiger partial charge in [-0.2, -0.15) is 19.9 Å². The van der Waals surface area contributed by atoms with Gasteiger partial charge >= 0.3 is 0 Å². The molecule has 0 unspecified atom stereocenters. The second-order valence-electron chi connectivity index (χ2n) is 5.75. The highest BCUT2D eigenvalue weighted by molar-refractivity contribution is 5.66. The number of benzene rings is 1. The summed E-state index contributed by atoms with van der Waals surface area (Å²) in [5, 5.41) is 23.2. The lowest BCUT2D eigenvalue weighted by molar-refractivity contribution is 0.0159. The molecule has 4 rings (SSSR count). The Bertz CT molecular complexity index is 892. The Morgan fingerprint density at radius 3 is 2.78 bits per heavy atom. The third-order valence-corrected chi connectivity index (χ3v) is 4.01. The first-order chi connectivity index (χ1) is 11.2. The summed E-state index contributed by atoms with van der Waals surface area (Å²) in [7, 11) is 0. The minimum atomic E-state index is -0.947. The highest BCUT2D eigenvalue weighted by Gasteiger charge is 2.42. The minimum absolute atomic E-state index is 0.126. The quantitative estimate of drug-likeness (QED) is 0.783. The van der Waals surface area contributed by atoms with Gasteiger partial charge in [-0.1, -0.05) is 30.3 Å². The lowest BCUT2D eigenvalue weighted by atomic mass is 9.91. The highest BCUT2D eigenvalue weighted by atomic mass is 16.3. The van der Waals surface area contributed by atoms with E-state index in [0.717, 1.165) is 17.1 Å². The Balaban J connectivity index is 1.75. The van der Waals surface area contributed by atoms with Crippen molar-refractivity contribution in [2.24, 2.45) is 0 Å². The van der Waals surface area contributed by atoms with Gasteiger partial charge in [0.2, 0.25) is 0 Å². The molecule has 0 radical (unpaired) electrons. The number of β-amino-alcohol motifs (C(OH)–C–C–N with tert-alkyl or cyclic N) is 1. The summed E-state index contributed by atoms with van der Waals surface area (Å²) in [5.74, 6) is 1.33. The van der Waals surface area contributed by atoms with Crippen LogP contribution < -0.4 is 4.90 Å². The zero-order valence-electron chi connectivity index (χ0n) is 12.3. The SMILES string of the molecule is N#CCC1(O)CN(c2cc(-c3ccccc3)nc3ncnn23)C1. The van der Waals surface area contributed by atoms with Gasteiger partial charge in [-0.05, 0) is 0 Å². The summed E-state index contributed by atoms with van der Waals surface area (Å²) in [6.07, 6.45) is 1.59. The van der Waals surface area contributed by atoms with Crippen LogP contribution in [0, 0.1) is 11.3 Å². The van der Waals surface area contributed by atoms with E-state index in [1.54, 1.807) is 4.52 Å². The van der Waals surface area contributed by atoms with Gasteiger partial charge < -0.3 is 10.0 Å². The van der Waals surface area contributed by atoms with E-state index >= 15 is 0 Å². The molecule has 1 fully saturated rings. The van der Waals surface area contributed by atoms with Crippen molar-refractivity contribution in [1.82, 2.24) is 19.6 Å². The minimum Gasteiger partial charge on any atom is -0.385 e. The monoisotopic (exact) mass is 306 g/mol. The molecule has 1 saturated heterocycles. The van der Waals surface area contributed by atoms with Crippen molar-refractivity contribution < 1.29 is 5.11 Å². The predicted molar refractivity (Wildman–Crippen MR) is 83.6 cm³/mol. The van der Waals surface area contributed by atoms with E-state index in [1.807, 2.05) is 47.4 Å². The number of fused-ring (bicyclic) bond motifs is 1. The first-order valence-electron chi connectivity index (χ1n) is 7.29. The van der Waals surface area contributed by atoms with Gasteiger partial charge in [0.25, 0.3) is 5.78 Å². The molecule has 0 aliphatic carbocycles. The van der Waals surface area contributed by atoms with Crippen LogP contribution in [0.5, 0.6) is 0 Å². The second-order valence-corrected chi connectivity index (χ2v) is 5.75. The second kappa shape index (κ2) is 5.04. The normalized spacial score (nSPS) is 16.1. The first-order valence-corrected chi connectivity index (χ1v) is 7.29. The van der Waals surface area contributed by atoms with Crippen LogP contribution in [0.15, 0.2) is 42.7 Å². The van der Waals surface area contributed by atoms with E-state index in [4.69, 9.17) is 5.26 Å². The summed E-state index contributed by atoms with van der Waals surface area (Å²) in [6.45, 7) is 0.793. The number of nitrogens with zero attached hydrogens (tertiary/aromatic N) is 6. The van der Waals surface area contributed by atoms with Crippen LogP contribution in [0.1, 0.15) is 6.42 Å². The fourth-order valence-electron chi connectivity index (χ4n) is 2.86. The van der Waals surface area contributed by atoms with Crippen LogP contribution in [0.4, 0.5) is 5.82 Å². The van der Waals surface area contributed by atoms with Crippen LogP contribution in [0.25, 0.3) is 17.0 Å². The summed E-state index contributed by atoms with van der Waals surface area (Å²) in [6, 6.07) is 13.8. The van der Waals surface area contributed by atoms with Crippen molar-refractivity contribution in [2.45, 2.75) is 12.0 Å². The average molecular weight is 306 g/mol. The molecule has 7 nitrogen and oxygen atoms in total. The number of hydrogen-bond acceptors (Lipinski definition) is 6. The zero-order chi connectivity index (χ0) is 15.9. The Labute approximate surface area is 132 Å². The molecule has 7 heteroatoms. The maximum Gasteiger partial charge on any atom is 0.254 e.